The lowest BCUT2D eigenvalue weighted by Crippen LogP contribution is -2.32. The highest BCUT2D eigenvalue weighted by molar-refractivity contribution is 9.10. The van der Waals surface area contributed by atoms with E-state index in [2.05, 4.69) is 33.8 Å². The van der Waals surface area contributed by atoms with Crippen molar-refractivity contribution in [2.75, 3.05) is 18.0 Å². The summed E-state index contributed by atoms with van der Waals surface area (Å²) >= 11 is 3.43. The maximum absolute atomic E-state index is 11.5. The summed E-state index contributed by atoms with van der Waals surface area (Å²) in [6, 6.07) is 6.07. The molecule has 1 aliphatic heterocycles. The van der Waals surface area contributed by atoms with Gasteiger partial charge in [-0.15, -0.1) is 0 Å². The van der Waals surface area contributed by atoms with Crippen molar-refractivity contribution in [1.82, 2.24) is 0 Å². The lowest BCUT2D eigenvalue weighted by molar-refractivity contribution is 0.101. The number of carbonyl (C=O) groups is 1. The molecule has 1 aromatic carbocycles. The Morgan fingerprint density at radius 3 is 2.59 bits per heavy atom. The Labute approximate surface area is 111 Å². The first kappa shape index (κ1) is 12.6. The van der Waals surface area contributed by atoms with Gasteiger partial charge in [-0.3, -0.25) is 4.79 Å². The number of hydrogen-bond acceptors (Lipinski definition) is 2. The summed E-state index contributed by atoms with van der Waals surface area (Å²) in [5, 5.41) is 0. The van der Waals surface area contributed by atoms with E-state index >= 15 is 0 Å². The second-order valence-electron chi connectivity index (χ2n) is 4.89. The summed E-state index contributed by atoms with van der Waals surface area (Å²) < 4.78 is 0.888. The number of piperidine rings is 1. The van der Waals surface area contributed by atoms with Gasteiger partial charge in [0.25, 0.3) is 0 Å². The molecule has 0 spiro atoms. The second-order valence-corrected chi connectivity index (χ2v) is 5.74. The first-order chi connectivity index (χ1) is 8.08. The Balaban J connectivity index is 2.21. The molecule has 1 aliphatic rings. The van der Waals surface area contributed by atoms with Gasteiger partial charge in [0.1, 0.15) is 0 Å². The number of nitrogens with zero attached hydrogens (tertiary/aromatic N) is 1. The van der Waals surface area contributed by atoms with Crippen LogP contribution in [-0.4, -0.2) is 18.9 Å². The zero-order chi connectivity index (χ0) is 12.4. The third-order valence-electron chi connectivity index (χ3n) is 3.48. The Morgan fingerprint density at radius 2 is 2.00 bits per heavy atom. The fraction of sp³-hybridized carbons (Fsp3) is 0.500. The van der Waals surface area contributed by atoms with E-state index in [0.29, 0.717) is 0 Å². The Kier molecular flexibility index (Phi) is 3.87. The van der Waals surface area contributed by atoms with Gasteiger partial charge in [-0.2, -0.15) is 0 Å². The Morgan fingerprint density at radius 1 is 1.35 bits per heavy atom. The zero-order valence-electron chi connectivity index (χ0n) is 10.4. The van der Waals surface area contributed by atoms with E-state index in [1.807, 2.05) is 12.1 Å². The second kappa shape index (κ2) is 5.21. The van der Waals surface area contributed by atoms with Crippen molar-refractivity contribution in [1.29, 1.82) is 0 Å². The fourth-order valence-corrected chi connectivity index (χ4v) is 2.77. The summed E-state index contributed by atoms with van der Waals surface area (Å²) in [6.07, 6.45) is 2.48. The van der Waals surface area contributed by atoms with Crippen LogP contribution in [0.15, 0.2) is 22.7 Å². The molecule has 0 amide bonds. The van der Waals surface area contributed by atoms with Gasteiger partial charge in [0.2, 0.25) is 0 Å². The fourth-order valence-electron chi connectivity index (χ4n) is 2.25. The molecule has 0 bridgehead atoms. The van der Waals surface area contributed by atoms with Gasteiger partial charge in [-0.1, -0.05) is 22.9 Å². The van der Waals surface area contributed by atoms with Crippen LogP contribution in [0.5, 0.6) is 0 Å². The normalized spacial score (nSPS) is 17.2. The van der Waals surface area contributed by atoms with Gasteiger partial charge in [0.05, 0.1) is 0 Å². The Bertz CT molecular complexity index is 422. The molecule has 0 aromatic heterocycles. The van der Waals surface area contributed by atoms with Crippen molar-refractivity contribution >= 4 is 27.4 Å². The van der Waals surface area contributed by atoms with Crippen LogP contribution < -0.4 is 4.90 Å². The van der Waals surface area contributed by atoms with Crippen LogP contribution in [-0.2, 0) is 0 Å². The van der Waals surface area contributed by atoms with Gasteiger partial charge in [0.15, 0.2) is 5.78 Å². The molecule has 0 unspecified atom stereocenters. The van der Waals surface area contributed by atoms with Gasteiger partial charge in [-0.25, -0.2) is 0 Å². The number of hydrogen-bond donors (Lipinski definition) is 0. The van der Waals surface area contributed by atoms with Crippen LogP contribution in [0.25, 0.3) is 0 Å². The summed E-state index contributed by atoms with van der Waals surface area (Å²) in [4.78, 5) is 13.9. The quantitative estimate of drug-likeness (QED) is 0.772. The molecular weight excluding hydrogens is 278 g/mol. The average Bonchev–Trinajstić information content (AvgIpc) is 2.30. The molecule has 0 radical (unpaired) electrons. The Hall–Kier alpha value is -0.830. The van der Waals surface area contributed by atoms with Crippen molar-refractivity contribution < 1.29 is 4.79 Å². The minimum absolute atomic E-state index is 0.115. The molecule has 1 heterocycles. The van der Waals surface area contributed by atoms with E-state index in [-0.39, 0.29) is 5.78 Å². The number of rotatable bonds is 2. The van der Waals surface area contributed by atoms with Gasteiger partial charge in [-0.05, 0) is 43.9 Å². The van der Waals surface area contributed by atoms with Gasteiger partial charge < -0.3 is 4.90 Å². The highest BCUT2D eigenvalue weighted by atomic mass is 79.9. The molecule has 0 N–H and O–H groups in total. The number of benzene rings is 1. The van der Waals surface area contributed by atoms with Crippen molar-refractivity contribution in [2.45, 2.75) is 26.7 Å². The minimum atomic E-state index is 0.115. The van der Waals surface area contributed by atoms with Crippen LogP contribution in [0.2, 0.25) is 0 Å². The third kappa shape index (κ3) is 2.89. The van der Waals surface area contributed by atoms with Crippen molar-refractivity contribution in [3.05, 3.63) is 28.2 Å². The number of ketones is 1. The molecule has 2 rings (SSSR count). The van der Waals surface area contributed by atoms with E-state index in [1.165, 1.54) is 18.5 Å². The summed E-state index contributed by atoms with van der Waals surface area (Å²) in [5.41, 5.74) is 1.95. The van der Waals surface area contributed by atoms with E-state index in [9.17, 15) is 4.79 Å². The SMILES string of the molecule is CC(=O)c1cc(N2CCC(C)CC2)ccc1Br. The molecule has 3 heteroatoms. The van der Waals surface area contributed by atoms with Crippen molar-refractivity contribution in [3.8, 4) is 0 Å². The topological polar surface area (TPSA) is 20.3 Å². The zero-order valence-corrected chi connectivity index (χ0v) is 12.0. The monoisotopic (exact) mass is 295 g/mol. The lowest BCUT2D eigenvalue weighted by atomic mass is 9.98. The number of carbonyl (C=O) groups excluding carboxylic acids is 1. The van der Waals surface area contributed by atoms with Crippen LogP contribution in [0.1, 0.15) is 37.0 Å². The van der Waals surface area contributed by atoms with E-state index in [0.717, 1.165) is 29.0 Å². The van der Waals surface area contributed by atoms with E-state index in [1.54, 1.807) is 6.92 Å². The van der Waals surface area contributed by atoms with Crippen LogP contribution >= 0.6 is 15.9 Å². The first-order valence-electron chi connectivity index (χ1n) is 6.13. The smallest absolute Gasteiger partial charge is 0.161 e. The number of Topliss-reactive ketones (excluding diaryl/α,β-unsaturated/α-hetero) is 1. The maximum atomic E-state index is 11.5. The predicted molar refractivity (Wildman–Crippen MR) is 74.8 cm³/mol. The van der Waals surface area contributed by atoms with Gasteiger partial charge in [0, 0.05) is 28.8 Å². The molecule has 1 fully saturated rings. The summed E-state index contributed by atoms with van der Waals surface area (Å²) in [5.74, 6) is 0.943. The minimum Gasteiger partial charge on any atom is -0.371 e. The third-order valence-corrected chi connectivity index (χ3v) is 4.17. The highest BCUT2D eigenvalue weighted by Crippen LogP contribution is 2.27. The van der Waals surface area contributed by atoms with Crippen molar-refractivity contribution in [3.63, 3.8) is 0 Å². The standard InChI is InChI=1S/C14H18BrNO/c1-10-5-7-16(8-6-10)12-3-4-14(15)13(9-12)11(2)17/h3-4,9-10H,5-8H2,1-2H3. The molecule has 0 aliphatic carbocycles. The van der Waals surface area contributed by atoms with E-state index in [4.69, 9.17) is 0 Å². The molecule has 17 heavy (non-hydrogen) atoms. The molecule has 1 aromatic rings. The van der Waals surface area contributed by atoms with Crippen molar-refractivity contribution in [2.24, 2.45) is 5.92 Å². The first-order valence-corrected chi connectivity index (χ1v) is 6.92. The molecule has 92 valence electrons. The van der Waals surface area contributed by atoms with Crippen LogP contribution in [0.4, 0.5) is 5.69 Å². The summed E-state index contributed by atoms with van der Waals surface area (Å²) in [7, 11) is 0. The lowest BCUT2D eigenvalue weighted by Gasteiger charge is -2.32. The predicted octanol–water partition coefficient (Wildman–Crippen LogP) is 3.89. The van der Waals surface area contributed by atoms with E-state index < -0.39 is 0 Å². The van der Waals surface area contributed by atoms with Crippen LogP contribution in [0.3, 0.4) is 0 Å². The maximum Gasteiger partial charge on any atom is 0.161 e. The molecule has 2 nitrogen and oxygen atoms in total. The number of anilines is 1. The van der Waals surface area contributed by atoms with Crippen LogP contribution in [0, 0.1) is 5.92 Å². The molecule has 0 atom stereocenters. The average molecular weight is 296 g/mol. The summed E-state index contributed by atoms with van der Waals surface area (Å²) in [6.45, 7) is 6.11. The number of halogens is 1. The largest absolute Gasteiger partial charge is 0.371 e. The van der Waals surface area contributed by atoms with Gasteiger partial charge >= 0.3 is 0 Å². The highest BCUT2D eigenvalue weighted by Gasteiger charge is 2.17. The molecule has 0 saturated carbocycles. The molecule has 1 saturated heterocycles. The molecular formula is C14H18BrNO.